The molecule has 0 aromatic heterocycles. The number of benzene rings is 2. The maximum absolute atomic E-state index is 13.3. The van der Waals surface area contributed by atoms with Crippen molar-refractivity contribution in [2.24, 2.45) is 0 Å². The summed E-state index contributed by atoms with van der Waals surface area (Å²) in [5, 5.41) is 3.43. The largest absolute Gasteiger partial charge is 0.485 e. The van der Waals surface area contributed by atoms with E-state index in [0.717, 1.165) is 17.0 Å². The Morgan fingerprint density at radius 2 is 1.95 bits per heavy atom. The average molecular weight is 336 g/mol. The monoisotopic (exact) mass is 335 g/mol. The molecule has 3 rings (SSSR count). The number of rotatable bonds is 2. The van der Waals surface area contributed by atoms with E-state index in [1.54, 1.807) is 12.1 Å². The summed E-state index contributed by atoms with van der Waals surface area (Å²) in [7, 11) is 0. The summed E-state index contributed by atoms with van der Waals surface area (Å²) >= 11 is 3.21. The van der Waals surface area contributed by atoms with E-state index < -0.39 is 0 Å². The van der Waals surface area contributed by atoms with E-state index in [0.29, 0.717) is 4.47 Å². The lowest BCUT2D eigenvalue weighted by Gasteiger charge is -2.28. The summed E-state index contributed by atoms with van der Waals surface area (Å²) < 4.78 is 19.7. The number of halogens is 2. The summed E-state index contributed by atoms with van der Waals surface area (Å²) in [5.74, 6) is 0.633. The Morgan fingerprint density at radius 3 is 2.70 bits per heavy atom. The molecule has 2 nitrogen and oxygen atoms in total. The Labute approximate surface area is 126 Å². The van der Waals surface area contributed by atoms with Crippen molar-refractivity contribution in [1.29, 1.82) is 0 Å². The van der Waals surface area contributed by atoms with Crippen LogP contribution in [-0.2, 0) is 0 Å². The fourth-order valence-corrected chi connectivity index (χ4v) is 2.91. The molecule has 20 heavy (non-hydrogen) atoms. The van der Waals surface area contributed by atoms with Crippen LogP contribution in [0.3, 0.4) is 0 Å². The molecule has 1 aliphatic heterocycles. The van der Waals surface area contributed by atoms with Crippen LogP contribution >= 0.6 is 15.9 Å². The molecule has 1 heterocycles. The molecule has 0 bridgehead atoms. The van der Waals surface area contributed by atoms with Crippen LogP contribution in [0.25, 0.3) is 0 Å². The first-order valence-corrected chi connectivity index (χ1v) is 7.26. The van der Waals surface area contributed by atoms with Crippen molar-refractivity contribution in [2.75, 3.05) is 5.32 Å². The van der Waals surface area contributed by atoms with Crippen LogP contribution in [-0.4, -0.2) is 5.60 Å². The molecule has 2 aromatic rings. The van der Waals surface area contributed by atoms with Crippen molar-refractivity contribution in [2.45, 2.75) is 25.5 Å². The topological polar surface area (TPSA) is 21.3 Å². The third kappa shape index (κ3) is 2.29. The van der Waals surface area contributed by atoms with Crippen molar-refractivity contribution in [3.63, 3.8) is 0 Å². The van der Waals surface area contributed by atoms with Gasteiger partial charge in [-0.1, -0.05) is 18.2 Å². The van der Waals surface area contributed by atoms with E-state index in [2.05, 4.69) is 27.3 Å². The third-order valence-electron chi connectivity index (χ3n) is 3.53. The third-order valence-corrected chi connectivity index (χ3v) is 4.14. The molecule has 0 amide bonds. The Hall–Kier alpha value is -1.55. The Kier molecular flexibility index (Phi) is 3.21. The SMILES string of the molecule is CC1(C)Oc2ccccc2C1Nc1ccc(F)c(Br)c1. The van der Waals surface area contributed by atoms with Crippen LogP contribution in [0.4, 0.5) is 10.1 Å². The zero-order valence-electron chi connectivity index (χ0n) is 11.3. The number of fused-ring (bicyclic) bond motifs is 1. The van der Waals surface area contributed by atoms with Crippen LogP contribution in [0.5, 0.6) is 5.75 Å². The molecular formula is C16H15BrFNO. The van der Waals surface area contributed by atoms with Gasteiger partial charge in [-0.25, -0.2) is 4.39 Å². The summed E-state index contributed by atoms with van der Waals surface area (Å²) in [6.07, 6.45) is 0. The van der Waals surface area contributed by atoms with Gasteiger partial charge in [0.05, 0.1) is 10.5 Å². The Bertz CT molecular complexity index is 657. The molecule has 0 fully saturated rings. The predicted octanol–water partition coefficient (Wildman–Crippen LogP) is 4.91. The summed E-state index contributed by atoms with van der Waals surface area (Å²) in [6, 6.07) is 12.9. The molecule has 1 atom stereocenters. The minimum absolute atomic E-state index is 0.0241. The molecule has 0 aliphatic carbocycles. The van der Waals surface area contributed by atoms with Gasteiger partial charge in [0.15, 0.2) is 0 Å². The summed E-state index contributed by atoms with van der Waals surface area (Å²) in [4.78, 5) is 0. The number of hydrogen-bond donors (Lipinski definition) is 1. The molecule has 2 aromatic carbocycles. The first kappa shape index (κ1) is 13.4. The number of para-hydroxylation sites is 1. The van der Waals surface area contributed by atoms with Crippen LogP contribution < -0.4 is 10.1 Å². The van der Waals surface area contributed by atoms with Gasteiger partial charge in [-0.2, -0.15) is 0 Å². The van der Waals surface area contributed by atoms with Crippen molar-refractivity contribution < 1.29 is 9.13 Å². The summed E-state index contributed by atoms with van der Waals surface area (Å²) in [5.41, 5.74) is 1.62. The molecule has 1 unspecified atom stereocenters. The lowest BCUT2D eigenvalue weighted by atomic mass is 9.94. The summed E-state index contributed by atoms with van der Waals surface area (Å²) in [6.45, 7) is 4.09. The zero-order chi connectivity index (χ0) is 14.3. The van der Waals surface area contributed by atoms with E-state index in [-0.39, 0.29) is 17.5 Å². The van der Waals surface area contributed by atoms with Crippen LogP contribution in [0, 0.1) is 5.82 Å². The van der Waals surface area contributed by atoms with Gasteiger partial charge in [-0.15, -0.1) is 0 Å². The van der Waals surface area contributed by atoms with Crippen LogP contribution in [0.15, 0.2) is 46.9 Å². The van der Waals surface area contributed by atoms with Gasteiger partial charge in [0, 0.05) is 11.3 Å². The van der Waals surface area contributed by atoms with Gasteiger partial charge in [0.25, 0.3) is 0 Å². The van der Waals surface area contributed by atoms with Crippen molar-refractivity contribution >= 4 is 21.6 Å². The normalized spacial score (nSPS) is 19.3. The molecule has 104 valence electrons. The highest BCUT2D eigenvalue weighted by Crippen LogP contribution is 2.44. The second-order valence-electron chi connectivity index (χ2n) is 5.45. The highest BCUT2D eigenvalue weighted by atomic mass is 79.9. The molecule has 0 saturated carbocycles. The highest BCUT2D eigenvalue weighted by molar-refractivity contribution is 9.10. The highest BCUT2D eigenvalue weighted by Gasteiger charge is 2.40. The minimum atomic E-state index is -0.357. The second-order valence-corrected chi connectivity index (χ2v) is 6.30. The second kappa shape index (κ2) is 4.77. The Morgan fingerprint density at radius 1 is 1.20 bits per heavy atom. The first-order valence-electron chi connectivity index (χ1n) is 6.47. The molecule has 1 aliphatic rings. The first-order chi connectivity index (χ1) is 9.47. The fourth-order valence-electron chi connectivity index (χ4n) is 2.53. The maximum atomic E-state index is 13.3. The molecule has 0 saturated heterocycles. The van der Waals surface area contributed by atoms with Gasteiger partial charge in [0.1, 0.15) is 17.2 Å². The number of hydrogen-bond acceptors (Lipinski definition) is 2. The standard InChI is InChI=1S/C16H15BrFNO/c1-16(2)15(11-5-3-4-6-14(11)20-16)19-10-7-8-13(18)12(17)9-10/h3-9,15,19H,1-2H3. The van der Waals surface area contributed by atoms with Gasteiger partial charge in [0.2, 0.25) is 0 Å². The van der Waals surface area contributed by atoms with Crippen molar-refractivity contribution in [1.82, 2.24) is 0 Å². The van der Waals surface area contributed by atoms with E-state index in [1.807, 2.05) is 32.0 Å². The average Bonchev–Trinajstić information content (AvgIpc) is 2.65. The van der Waals surface area contributed by atoms with E-state index in [9.17, 15) is 4.39 Å². The van der Waals surface area contributed by atoms with Gasteiger partial charge in [-0.3, -0.25) is 0 Å². The number of anilines is 1. The van der Waals surface area contributed by atoms with Crippen LogP contribution in [0.1, 0.15) is 25.5 Å². The lowest BCUT2D eigenvalue weighted by Crippen LogP contribution is -2.34. The maximum Gasteiger partial charge on any atom is 0.137 e. The quantitative estimate of drug-likeness (QED) is 0.841. The zero-order valence-corrected chi connectivity index (χ0v) is 12.9. The fraction of sp³-hybridized carbons (Fsp3) is 0.250. The molecule has 0 radical (unpaired) electrons. The molecule has 1 N–H and O–H groups in total. The lowest BCUT2D eigenvalue weighted by molar-refractivity contribution is 0.118. The molecular weight excluding hydrogens is 321 g/mol. The van der Waals surface area contributed by atoms with Crippen molar-refractivity contribution in [3.05, 3.63) is 58.3 Å². The van der Waals surface area contributed by atoms with E-state index in [1.165, 1.54) is 6.07 Å². The predicted molar refractivity (Wildman–Crippen MR) is 81.6 cm³/mol. The number of ether oxygens (including phenoxy) is 1. The number of nitrogens with one attached hydrogen (secondary N) is 1. The van der Waals surface area contributed by atoms with E-state index >= 15 is 0 Å². The van der Waals surface area contributed by atoms with Gasteiger partial charge >= 0.3 is 0 Å². The van der Waals surface area contributed by atoms with Crippen molar-refractivity contribution in [3.8, 4) is 5.75 Å². The minimum Gasteiger partial charge on any atom is -0.485 e. The van der Waals surface area contributed by atoms with Gasteiger partial charge in [-0.05, 0) is 54.0 Å². The van der Waals surface area contributed by atoms with Crippen LogP contribution in [0.2, 0.25) is 0 Å². The smallest absolute Gasteiger partial charge is 0.137 e. The van der Waals surface area contributed by atoms with Gasteiger partial charge < -0.3 is 10.1 Å². The van der Waals surface area contributed by atoms with E-state index in [4.69, 9.17) is 4.74 Å². The Balaban J connectivity index is 1.94. The molecule has 0 spiro atoms. The molecule has 4 heteroatoms.